The molecule has 0 amide bonds. The highest BCUT2D eigenvalue weighted by Gasteiger charge is 2.08. The molecule has 0 aliphatic carbocycles. The molecule has 0 aromatic carbocycles. The van der Waals surface area contributed by atoms with Crippen LogP contribution in [0.3, 0.4) is 0 Å². The van der Waals surface area contributed by atoms with E-state index in [0.717, 1.165) is 6.26 Å². The molecule has 0 fully saturated rings. The zero-order valence-electron chi connectivity index (χ0n) is 6.26. The molecule has 0 radical (unpaired) electrons. The maximum atomic E-state index is 10.6. The Balaban J connectivity index is 2.98. The van der Waals surface area contributed by atoms with Crippen LogP contribution in [0.5, 0.6) is 11.6 Å². The maximum absolute atomic E-state index is 10.6. The summed E-state index contributed by atoms with van der Waals surface area (Å²) < 4.78 is 25.5. The van der Waals surface area contributed by atoms with Gasteiger partial charge in [0.15, 0.2) is 5.75 Å². The van der Waals surface area contributed by atoms with E-state index in [2.05, 4.69) is 9.17 Å². The first-order chi connectivity index (χ1) is 5.49. The second kappa shape index (κ2) is 2.98. The Morgan fingerprint density at radius 1 is 1.58 bits per heavy atom. The Morgan fingerprint density at radius 3 is 2.75 bits per heavy atom. The Hall–Kier alpha value is -1.30. The molecular weight excluding hydrogens is 182 g/mol. The van der Waals surface area contributed by atoms with Crippen LogP contribution < -0.4 is 4.18 Å². The van der Waals surface area contributed by atoms with E-state index in [1.165, 1.54) is 18.3 Å². The van der Waals surface area contributed by atoms with Gasteiger partial charge >= 0.3 is 10.1 Å². The minimum Gasteiger partial charge on any atom is -0.503 e. The van der Waals surface area contributed by atoms with Crippen LogP contribution in [-0.4, -0.2) is 24.8 Å². The first-order valence-electron chi connectivity index (χ1n) is 3.02. The molecule has 0 saturated carbocycles. The Labute approximate surface area is 69.8 Å². The smallest absolute Gasteiger partial charge is 0.307 e. The highest BCUT2D eigenvalue weighted by atomic mass is 32.2. The Bertz CT molecular complexity index is 373. The Morgan fingerprint density at radius 2 is 2.25 bits per heavy atom. The van der Waals surface area contributed by atoms with E-state index in [0.29, 0.717) is 0 Å². The molecule has 1 aromatic heterocycles. The molecule has 0 atom stereocenters. The molecule has 1 aromatic rings. The predicted octanol–water partition coefficient (Wildman–Crippen LogP) is 0.126. The van der Waals surface area contributed by atoms with Gasteiger partial charge in [0.25, 0.3) is 5.88 Å². The number of rotatable bonds is 2. The lowest BCUT2D eigenvalue weighted by atomic mass is 10.4. The summed E-state index contributed by atoms with van der Waals surface area (Å²) in [6.45, 7) is 0. The fourth-order valence-electron chi connectivity index (χ4n) is 0.590. The van der Waals surface area contributed by atoms with E-state index in [-0.39, 0.29) is 11.6 Å². The number of aromatic hydroxyl groups is 1. The lowest BCUT2D eigenvalue weighted by molar-refractivity contribution is 0.420. The summed E-state index contributed by atoms with van der Waals surface area (Å²) in [7, 11) is -3.62. The van der Waals surface area contributed by atoms with E-state index in [9.17, 15) is 8.42 Å². The van der Waals surface area contributed by atoms with E-state index in [1.54, 1.807) is 0 Å². The molecule has 0 aliphatic rings. The highest BCUT2D eigenvalue weighted by Crippen LogP contribution is 2.21. The van der Waals surface area contributed by atoms with Gasteiger partial charge in [0.2, 0.25) is 0 Å². The largest absolute Gasteiger partial charge is 0.503 e. The molecule has 0 bridgehead atoms. The van der Waals surface area contributed by atoms with E-state index in [4.69, 9.17) is 5.11 Å². The van der Waals surface area contributed by atoms with Gasteiger partial charge in [-0.2, -0.15) is 8.42 Å². The molecule has 5 nitrogen and oxygen atoms in total. The third-order valence-corrected chi connectivity index (χ3v) is 1.44. The minimum absolute atomic E-state index is 0.303. The van der Waals surface area contributed by atoms with Crippen molar-refractivity contribution in [3.05, 3.63) is 18.3 Å². The molecule has 1 rings (SSSR count). The standard InChI is InChI=1S/C6H7NO4S/c1-12(9,10)11-6-5(8)3-2-4-7-6/h2-4,8H,1H3. The average Bonchev–Trinajstić information content (AvgIpc) is 1.91. The van der Waals surface area contributed by atoms with Crippen molar-refractivity contribution in [2.45, 2.75) is 0 Å². The summed E-state index contributed by atoms with van der Waals surface area (Å²) in [5.41, 5.74) is 0. The van der Waals surface area contributed by atoms with Crippen LogP contribution >= 0.6 is 0 Å². The van der Waals surface area contributed by atoms with Gasteiger partial charge in [0.1, 0.15) is 0 Å². The lowest BCUT2D eigenvalue weighted by Crippen LogP contribution is -2.06. The van der Waals surface area contributed by atoms with Gasteiger partial charge in [-0.15, -0.1) is 0 Å². The molecule has 0 spiro atoms. The highest BCUT2D eigenvalue weighted by molar-refractivity contribution is 7.86. The van der Waals surface area contributed by atoms with Crippen LogP contribution in [-0.2, 0) is 10.1 Å². The monoisotopic (exact) mass is 189 g/mol. The third-order valence-electron chi connectivity index (χ3n) is 0.981. The first-order valence-corrected chi connectivity index (χ1v) is 4.84. The molecule has 12 heavy (non-hydrogen) atoms. The molecule has 1 heterocycles. The molecular formula is C6H7NO4S. The molecule has 0 saturated heterocycles. The first kappa shape index (κ1) is 8.79. The van der Waals surface area contributed by atoms with Crippen LogP contribution in [0, 0.1) is 0 Å². The van der Waals surface area contributed by atoms with Crippen molar-refractivity contribution >= 4 is 10.1 Å². The van der Waals surface area contributed by atoms with Gasteiger partial charge < -0.3 is 9.29 Å². The summed E-state index contributed by atoms with van der Waals surface area (Å²) in [4.78, 5) is 3.51. The third kappa shape index (κ3) is 2.39. The van der Waals surface area contributed by atoms with Gasteiger partial charge in [0, 0.05) is 6.20 Å². The topological polar surface area (TPSA) is 76.5 Å². The molecule has 66 valence electrons. The number of nitrogens with zero attached hydrogens (tertiary/aromatic N) is 1. The van der Waals surface area contributed by atoms with Crippen LogP contribution in [0.2, 0.25) is 0 Å². The average molecular weight is 189 g/mol. The van der Waals surface area contributed by atoms with Crippen molar-refractivity contribution in [1.82, 2.24) is 4.98 Å². The number of aromatic nitrogens is 1. The van der Waals surface area contributed by atoms with E-state index < -0.39 is 10.1 Å². The van der Waals surface area contributed by atoms with Gasteiger partial charge in [0.05, 0.1) is 6.26 Å². The van der Waals surface area contributed by atoms with Gasteiger partial charge in [-0.05, 0) is 12.1 Å². The maximum Gasteiger partial charge on any atom is 0.307 e. The zero-order chi connectivity index (χ0) is 9.19. The lowest BCUT2D eigenvalue weighted by Gasteiger charge is -2.01. The second-order valence-corrected chi connectivity index (χ2v) is 3.69. The van der Waals surface area contributed by atoms with E-state index in [1.807, 2.05) is 0 Å². The number of pyridine rings is 1. The summed E-state index contributed by atoms with van der Waals surface area (Å²) >= 11 is 0. The van der Waals surface area contributed by atoms with Gasteiger partial charge in [-0.3, -0.25) is 0 Å². The van der Waals surface area contributed by atoms with Gasteiger partial charge in [-0.1, -0.05) is 0 Å². The van der Waals surface area contributed by atoms with Crippen molar-refractivity contribution < 1.29 is 17.7 Å². The number of hydrogen-bond donors (Lipinski definition) is 1. The van der Waals surface area contributed by atoms with Crippen molar-refractivity contribution in [2.24, 2.45) is 0 Å². The summed E-state index contributed by atoms with van der Waals surface area (Å²) in [6, 6.07) is 2.75. The summed E-state index contributed by atoms with van der Waals surface area (Å²) in [5, 5.41) is 9.02. The van der Waals surface area contributed by atoms with Gasteiger partial charge in [-0.25, -0.2) is 4.98 Å². The SMILES string of the molecule is CS(=O)(=O)Oc1ncccc1O. The molecule has 6 heteroatoms. The minimum atomic E-state index is -3.62. The fraction of sp³-hybridized carbons (Fsp3) is 0.167. The number of hydrogen-bond acceptors (Lipinski definition) is 5. The van der Waals surface area contributed by atoms with Crippen molar-refractivity contribution in [1.29, 1.82) is 0 Å². The van der Waals surface area contributed by atoms with Crippen LogP contribution in [0.4, 0.5) is 0 Å². The predicted molar refractivity (Wildman–Crippen MR) is 41.4 cm³/mol. The quantitative estimate of drug-likeness (QED) is 0.669. The van der Waals surface area contributed by atoms with Crippen LogP contribution in [0.25, 0.3) is 0 Å². The summed E-state index contributed by atoms with van der Waals surface area (Å²) in [6.07, 6.45) is 2.20. The molecule has 1 N–H and O–H groups in total. The zero-order valence-corrected chi connectivity index (χ0v) is 7.08. The van der Waals surface area contributed by atoms with Crippen molar-refractivity contribution in [3.63, 3.8) is 0 Å². The molecule has 0 unspecified atom stereocenters. The Kier molecular flexibility index (Phi) is 2.18. The van der Waals surface area contributed by atoms with Crippen LogP contribution in [0.15, 0.2) is 18.3 Å². The molecule has 0 aliphatic heterocycles. The fourth-order valence-corrected chi connectivity index (χ4v) is 1.01. The van der Waals surface area contributed by atoms with Crippen molar-refractivity contribution in [2.75, 3.05) is 6.26 Å². The second-order valence-electron chi connectivity index (χ2n) is 2.12. The van der Waals surface area contributed by atoms with Crippen molar-refractivity contribution in [3.8, 4) is 11.6 Å². The normalized spacial score (nSPS) is 11.1. The summed E-state index contributed by atoms with van der Waals surface area (Å²) in [5.74, 6) is -0.608. The van der Waals surface area contributed by atoms with Crippen LogP contribution in [0.1, 0.15) is 0 Å². The van der Waals surface area contributed by atoms with E-state index >= 15 is 0 Å².